The van der Waals surface area contributed by atoms with Crippen molar-refractivity contribution < 1.29 is 19.4 Å². The van der Waals surface area contributed by atoms with Gasteiger partial charge in [-0.25, -0.2) is 4.79 Å². The number of esters is 1. The molecule has 0 heterocycles. The molecule has 0 aliphatic carbocycles. The Labute approximate surface area is 102 Å². The fraction of sp³-hybridized carbons (Fsp3) is 0.818. The van der Waals surface area contributed by atoms with E-state index >= 15 is 0 Å². The van der Waals surface area contributed by atoms with Crippen molar-refractivity contribution in [3.8, 4) is 0 Å². The zero-order chi connectivity index (χ0) is 13.3. The van der Waals surface area contributed by atoms with Gasteiger partial charge in [0.25, 0.3) is 0 Å². The maximum atomic E-state index is 11.3. The molecule has 0 saturated carbocycles. The number of carbonyl (C=O) groups excluding carboxylic acids is 2. The minimum absolute atomic E-state index is 0.282. The van der Waals surface area contributed by atoms with Gasteiger partial charge in [-0.15, -0.1) is 0 Å². The summed E-state index contributed by atoms with van der Waals surface area (Å²) >= 11 is 0. The zero-order valence-corrected chi connectivity index (χ0v) is 10.7. The molecule has 6 nitrogen and oxygen atoms in total. The summed E-state index contributed by atoms with van der Waals surface area (Å²) in [6.07, 6.45) is 0.984. The highest BCUT2D eigenvalue weighted by Gasteiger charge is 2.19. The highest BCUT2D eigenvalue weighted by molar-refractivity contribution is 5.83. The summed E-state index contributed by atoms with van der Waals surface area (Å²) in [4.78, 5) is 22.2. The number of nitrogens with one attached hydrogen (secondary N) is 2. The molecule has 0 aliphatic heterocycles. The monoisotopic (exact) mass is 246 g/mol. The average Bonchev–Trinajstić information content (AvgIpc) is 2.31. The predicted octanol–water partition coefficient (Wildman–Crippen LogP) is -0.585. The molecule has 0 rings (SSSR count). The number of rotatable bonds is 8. The lowest BCUT2D eigenvalue weighted by Gasteiger charge is -2.16. The molecular weight excluding hydrogens is 224 g/mol. The third-order valence-electron chi connectivity index (χ3n) is 2.34. The Morgan fingerprint density at radius 1 is 1.41 bits per heavy atom. The van der Waals surface area contributed by atoms with Crippen LogP contribution in [0.25, 0.3) is 0 Å². The summed E-state index contributed by atoms with van der Waals surface area (Å²) in [7, 11) is 1.28. The van der Waals surface area contributed by atoms with Crippen molar-refractivity contribution in [3.05, 3.63) is 0 Å². The van der Waals surface area contributed by atoms with Crippen molar-refractivity contribution in [1.82, 2.24) is 10.6 Å². The molecule has 6 heteroatoms. The molecule has 3 N–H and O–H groups in total. The number of methoxy groups -OCH3 is 1. The van der Waals surface area contributed by atoms with Gasteiger partial charge < -0.3 is 20.5 Å². The number of aliphatic hydroxyl groups excluding tert-OH is 1. The molecule has 1 amide bonds. The van der Waals surface area contributed by atoms with E-state index in [4.69, 9.17) is 0 Å². The van der Waals surface area contributed by atoms with E-state index in [2.05, 4.69) is 15.4 Å². The number of aliphatic hydroxyl groups is 1. The fourth-order valence-electron chi connectivity index (χ4n) is 1.30. The van der Waals surface area contributed by atoms with Gasteiger partial charge in [0, 0.05) is 13.5 Å². The summed E-state index contributed by atoms with van der Waals surface area (Å²) in [6.45, 7) is 4.13. The van der Waals surface area contributed by atoms with Gasteiger partial charge in [0.15, 0.2) is 0 Å². The van der Waals surface area contributed by atoms with E-state index in [1.54, 1.807) is 0 Å². The summed E-state index contributed by atoms with van der Waals surface area (Å²) in [5.41, 5.74) is 0. The van der Waals surface area contributed by atoms with E-state index in [9.17, 15) is 14.7 Å². The van der Waals surface area contributed by atoms with E-state index in [-0.39, 0.29) is 12.0 Å². The summed E-state index contributed by atoms with van der Waals surface area (Å²) < 4.78 is 4.57. The van der Waals surface area contributed by atoms with E-state index in [1.165, 1.54) is 14.0 Å². The van der Waals surface area contributed by atoms with Crippen LogP contribution in [0, 0.1) is 0 Å². The molecule has 0 aromatic rings. The highest BCUT2D eigenvalue weighted by atomic mass is 16.5. The van der Waals surface area contributed by atoms with Crippen LogP contribution in [0.4, 0.5) is 0 Å². The molecule has 0 saturated heterocycles. The van der Waals surface area contributed by atoms with Gasteiger partial charge in [-0.2, -0.15) is 0 Å². The first-order valence-corrected chi connectivity index (χ1v) is 5.75. The molecule has 0 bridgehead atoms. The third kappa shape index (κ3) is 7.70. The number of ether oxygens (including phenoxy) is 1. The minimum atomic E-state index is -0.684. The highest BCUT2D eigenvalue weighted by Crippen LogP contribution is 1.94. The molecule has 2 atom stereocenters. The lowest BCUT2D eigenvalue weighted by Crippen LogP contribution is -2.47. The zero-order valence-electron chi connectivity index (χ0n) is 10.7. The Bertz CT molecular complexity index is 246. The van der Waals surface area contributed by atoms with Gasteiger partial charge in [-0.05, 0) is 19.4 Å². The van der Waals surface area contributed by atoms with Crippen LogP contribution in [0.2, 0.25) is 0 Å². The largest absolute Gasteiger partial charge is 0.467 e. The van der Waals surface area contributed by atoms with Crippen molar-refractivity contribution in [2.24, 2.45) is 0 Å². The van der Waals surface area contributed by atoms with Gasteiger partial charge in [0.1, 0.15) is 6.04 Å². The van der Waals surface area contributed by atoms with Crippen LogP contribution in [0.15, 0.2) is 0 Å². The fourth-order valence-corrected chi connectivity index (χ4v) is 1.30. The summed E-state index contributed by atoms with van der Waals surface area (Å²) in [5, 5.41) is 14.8. The average molecular weight is 246 g/mol. The van der Waals surface area contributed by atoms with E-state index in [0.29, 0.717) is 25.9 Å². The second-order valence-electron chi connectivity index (χ2n) is 3.83. The molecular formula is C11H22N2O4. The molecule has 0 fully saturated rings. The lowest BCUT2D eigenvalue weighted by molar-refractivity contribution is -0.144. The second-order valence-corrected chi connectivity index (χ2v) is 3.83. The molecule has 0 radical (unpaired) electrons. The van der Waals surface area contributed by atoms with Gasteiger partial charge in [0.05, 0.1) is 13.2 Å². The van der Waals surface area contributed by atoms with Crippen LogP contribution in [-0.4, -0.2) is 49.3 Å². The van der Waals surface area contributed by atoms with Crippen molar-refractivity contribution >= 4 is 11.9 Å². The van der Waals surface area contributed by atoms with Gasteiger partial charge in [0.2, 0.25) is 5.91 Å². The summed E-state index contributed by atoms with van der Waals surface area (Å²) in [6, 6.07) is -0.684. The van der Waals surface area contributed by atoms with E-state index < -0.39 is 12.0 Å². The van der Waals surface area contributed by atoms with Gasteiger partial charge >= 0.3 is 5.97 Å². The Morgan fingerprint density at radius 3 is 2.53 bits per heavy atom. The maximum Gasteiger partial charge on any atom is 0.329 e. The topological polar surface area (TPSA) is 87.7 Å². The Morgan fingerprint density at radius 2 is 2.06 bits per heavy atom. The van der Waals surface area contributed by atoms with Crippen molar-refractivity contribution in [2.75, 3.05) is 20.2 Å². The van der Waals surface area contributed by atoms with Crippen LogP contribution < -0.4 is 10.6 Å². The van der Waals surface area contributed by atoms with Gasteiger partial charge in [-0.1, -0.05) is 6.92 Å². The Hall–Kier alpha value is -1.14. The first-order chi connectivity index (χ1) is 8.01. The molecule has 100 valence electrons. The second kappa shape index (κ2) is 8.95. The first kappa shape index (κ1) is 15.9. The molecule has 0 aromatic carbocycles. The number of amides is 1. The normalized spacial score (nSPS) is 13.9. The Kier molecular flexibility index (Phi) is 8.35. The van der Waals surface area contributed by atoms with E-state index in [1.807, 2.05) is 6.92 Å². The molecule has 0 spiro atoms. The lowest BCUT2D eigenvalue weighted by atomic mass is 10.2. The minimum Gasteiger partial charge on any atom is -0.467 e. The Balaban J connectivity index is 3.91. The predicted molar refractivity (Wildman–Crippen MR) is 63.4 cm³/mol. The molecule has 0 aliphatic rings. The van der Waals surface area contributed by atoms with Crippen LogP contribution in [-0.2, 0) is 14.3 Å². The summed E-state index contributed by atoms with van der Waals surface area (Å²) in [5.74, 6) is -0.764. The van der Waals surface area contributed by atoms with Crippen LogP contribution in [0.5, 0.6) is 0 Å². The van der Waals surface area contributed by atoms with Crippen molar-refractivity contribution in [2.45, 2.75) is 38.8 Å². The number of carbonyl (C=O) groups is 2. The SMILES string of the molecule is CCC(O)CCNCC(NC(C)=O)C(=O)OC. The molecule has 0 aromatic heterocycles. The quantitative estimate of drug-likeness (QED) is 0.394. The van der Waals surface area contributed by atoms with Crippen molar-refractivity contribution in [1.29, 1.82) is 0 Å². The van der Waals surface area contributed by atoms with Crippen LogP contribution >= 0.6 is 0 Å². The first-order valence-electron chi connectivity index (χ1n) is 5.75. The molecule has 17 heavy (non-hydrogen) atoms. The van der Waals surface area contributed by atoms with Gasteiger partial charge in [-0.3, -0.25) is 4.79 Å². The van der Waals surface area contributed by atoms with Crippen molar-refractivity contribution in [3.63, 3.8) is 0 Å². The number of hydrogen-bond acceptors (Lipinski definition) is 5. The third-order valence-corrected chi connectivity index (χ3v) is 2.34. The number of hydrogen-bond donors (Lipinski definition) is 3. The smallest absolute Gasteiger partial charge is 0.329 e. The molecule has 2 unspecified atom stereocenters. The van der Waals surface area contributed by atoms with Crippen LogP contribution in [0.1, 0.15) is 26.7 Å². The van der Waals surface area contributed by atoms with E-state index in [0.717, 1.165) is 0 Å². The standard InChI is InChI=1S/C11H22N2O4/c1-4-9(15)5-6-12-7-10(11(16)17-3)13-8(2)14/h9-10,12,15H,4-7H2,1-3H3,(H,13,14). The van der Waals surface area contributed by atoms with Crippen LogP contribution in [0.3, 0.4) is 0 Å². The maximum absolute atomic E-state index is 11.3.